The van der Waals surface area contributed by atoms with Gasteiger partial charge in [-0.25, -0.2) is 0 Å². The largest absolute Gasteiger partial charge is 0.656 e. The van der Waals surface area contributed by atoms with E-state index in [1.54, 1.807) is 0 Å². The van der Waals surface area contributed by atoms with Crippen molar-refractivity contribution in [3.05, 3.63) is 41.2 Å². The van der Waals surface area contributed by atoms with Crippen molar-refractivity contribution >= 4 is 0 Å². The molecule has 0 bridgehead atoms. The molecule has 0 aliphatic carbocycles. The second-order valence-electron chi connectivity index (χ2n) is 3.68. The molecule has 2 nitrogen and oxygen atoms in total. The Morgan fingerprint density at radius 2 is 2.14 bits per heavy atom. The molecule has 1 unspecified atom stereocenters. The number of rotatable bonds is 4. The normalized spacial score (nSPS) is 21.3. The first-order chi connectivity index (χ1) is 6.95. The summed E-state index contributed by atoms with van der Waals surface area (Å²) in [6.07, 6.45) is 2.77. The maximum Gasteiger partial charge on any atom is 0.0469 e. The van der Waals surface area contributed by atoms with Gasteiger partial charge in [0, 0.05) is 12.7 Å². The summed E-state index contributed by atoms with van der Waals surface area (Å²) in [6.45, 7) is 2.60. The van der Waals surface area contributed by atoms with Crippen molar-refractivity contribution in [2.75, 3.05) is 13.2 Å². The van der Waals surface area contributed by atoms with Crippen LogP contribution in [0, 0.1) is 0 Å². The van der Waals surface area contributed by atoms with E-state index in [1.165, 1.54) is 18.4 Å². The van der Waals surface area contributed by atoms with Crippen LogP contribution in [0.25, 0.3) is 5.32 Å². The van der Waals surface area contributed by atoms with E-state index in [-0.39, 0.29) is 0 Å². The van der Waals surface area contributed by atoms with Crippen LogP contribution >= 0.6 is 0 Å². The van der Waals surface area contributed by atoms with E-state index in [0.717, 1.165) is 19.7 Å². The van der Waals surface area contributed by atoms with E-state index in [2.05, 4.69) is 29.6 Å². The van der Waals surface area contributed by atoms with Crippen LogP contribution in [0.15, 0.2) is 30.3 Å². The van der Waals surface area contributed by atoms with Crippen molar-refractivity contribution in [3.8, 4) is 0 Å². The van der Waals surface area contributed by atoms with Gasteiger partial charge in [-0.2, -0.15) is 0 Å². The first kappa shape index (κ1) is 9.69. The Balaban J connectivity index is 1.67. The molecule has 2 rings (SSSR count). The molecule has 0 amide bonds. The van der Waals surface area contributed by atoms with Crippen LogP contribution in [0.1, 0.15) is 18.4 Å². The fourth-order valence-electron chi connectivity index (χ4n) is 1.71. The molecule has 1 aromatic carbocycles. The molecule has 0 saturated carbocycles. The summed E-state index contributed by atoms with van der Waals surface area (Å²) in [5.41, 5.74) is 1.28. The number of benzene rings is 1. The molecule has 0 radical (unpaired) electrons. The second-order valence-corrected chi connectivity index (χ2v) is 3.68. The Morgan fingerprint density at radius 3 is 2.86 bits per heavy atom. The molecule has 1 fully saturated rings. The molecule has 0 aromatic heterocycles. The van der Waals surface area contributed by atoms with E-state index < -0.39 is 0 Å². The molecule has 1 saturated heterocycles. The van der Waals surface area contributed by atoms with Crippen LogP contribution in [0.2, 0.25) is 0 Å². The van der Waals surface area contributed by atoms with Gasteiger partial charge in [0.05, 0.1) is 0 Å². The average Bonchev–Trinajstić information content (AvgIpc) is 2.72. The molecule has 0 N–H and O–H groups in total. The van der Waals surface area contributed by atoms with Crippen LogP contribution in [-0.4, -0.2) is 19.3 Å². The summed E-state index contributed by atoms with van der Waals surface area (Å²) in [5, 5.41) is 4.50. The molecule has 0 spiro atoms. The summed E-state index contributed by atoms with van der Waals surface area (Å²) in [4.78, 5) is 0. The Morgan fingerprint density at radius 1 is 1.29 bits per heavy atom. The highest BCUT2D eigenvalue weighted by molar-refractivity contribution is 5.17. The van der Waals surface area contributed by atoms with E-state index >= 15 is 0 Å². The van der Waals surface area contributed by atoms with Gasteiger partial charge in [0.2, 0.25) is 0 Å². The van der Waals surface area contributed by atoms with E-state index in [1.807, 2.05) is 6.07 Å². The lowest BCUT2D eigenvalue weighted by Gasteiger charge is -2.23. The molecular formula is C12H16NO-. The van der Waals surface area contributed by atoms with Crippen LogP contribution < -0.4 is 0 Å². The number of nitrogens with zero attached hydrogens (tertiary/aromatic N) is 1. The lowest BCUT2D eigenvalue weighted by molar-refractivity contribution is 0.121. The topological polar surface area (TPSA) is 23.3 Å². The van der Waals surface area contributed by atoms with Gasteiger partial charge in [0.1, 0.15) is 0 Å². The third-order valence-corrected chi connectivity index (χ3v) is 2.49. The van der Waals surface area contributed by atoms with Crippen LogP contribution in [0.4, 0.5) is 0 Å². The Bertz CT molecular complexity index is 254. The Labute approximate surface area is 85.3 Å². The smallest absolute Gasteiger partial charge is 0.0469 e. The highest BCUT2D eigenvalue weighted by atomic mass is 16.5. The third-order valence-electron chi connectivity index (χ3n) is 2.49. The van der Waals surface area contributed by atoms with Crippen molar-refractivity contribution in [3.63, 3.8) is 0 Å². The van der Waals surface area contributed by atoms with Crippen LogP contribution in [-0.2, 0) is 11.3 Å². The van der Waals surface area contributed by atoms with Crippen molar-refractivity contribution in [1.29, 1.82) is 0 Å². The van der Waals surface area contributed by atoms with Crippen molar-refractivity contribution in [1.82, 2.24) is 0 Å². The van der Waals surface area contributed by atoms with Gasteiger partial charge in [-0.05, 0) is 12.8 Å². The first-order valence-corrected chi connectivity index (χ1v) is 5.24. The first-order valence-electron chi connectivity index (χ1n) is 5.24. The molecule has 1 aromatic rings. The van der Waals surface area contributed by atoms with E-state index in [9.17, 15) is 0 Å². The number of ether oxygens (including phenoxy) is 1. The predicted octanol–water partition coefficient (Wildman–Crippen LogP) is 2.74. The quantitative estimate of drug-likeness (QED) is 0.716. The zero-order valence-electron chi connectivity index (χ0n) is 8.36. The van der Waals surface area contributed by atoms with Crippen molar-refractivity contribution < 1.29 is 4.74 Å². The molecule has 2 heteroatoms. The highest BCUT2D eigenvalue weighted by Gasteiger charge is 2.10. The van der Waals surface area contributed by atoms with Gasteiger partial charge in [-0.1, -0.05) is 35.9 Å². The molecule has 14 heavy (non-hydrogen) atoms. The summed E-state index contributed by atoms with van der Waals surface area (Å²) in [6, 6.07) is 10.4. The van der Waals surface area contributed by atoms with Gasteiger partial charge < -0.3 is 10.1 Å². The Hall–Kier alpha value is -0.860. The lowest BCUT2D eigenvalue weighted by Crippen LogP contribution is -2.10. The minimum Gasteiger partial charge on any atom is -0.656 e. The fourth-order valence-corrected chi connectivity index (χ4v) is 1.71. The molecule has 1 aliphatic heterocycles. The zero-order chi connectivity index (χ0) is 9.64. The molecule has 1 heterocycles. The van der Waals surface area contributed by atoms with Crippen LogP contribution in [0.3, 0.4) is 0 Å². The maximum absolute atomic E-state index is 5.50. The van der Waals surface area contributed by atoms with Gasteiger partial charge in [-0.15, -0.1) is 13.1 Å². The minimum atomic E-state index is 0.388. The SMILES string of the molecule is c1ccc(C[N-]CC2CCCO2)cc1. The zero-order valence-corrected chi connectivity index (χ0v) is 8.36. The summed E-state index contributed by atoms with van der Waals surface area (Å²) in [7, 11) is 0. The average molecular weight is 190 g/mol. The predicted molar refractivity (Wildman–Crippen MR) is 57.3 cm³/mol. The monoisotopic (exact) mass is 190 g/mol. The summed E-state index contributed by atoms with van der Waals surface area (Å²) in [5.74, 6) is 0. The summed E-state index contributed by atoms with van der Waals surface area (Å²) >= 11 is 0. The Kier molecular flexibility index (Phi) is 3.55. The second kappa shape index (κ2) is 5.13. The van der Waals surface area contributed by atoms with Gasteiger partial charge in [0.15, 0.2) is 0 Å². The lowest BCUT2D eigenvalue weighted by atomic mass is 10.2. The fraction of sp³-hybridized carbons (Fsp3) is 0.500. The summed E-state index contributed by atoms with van der Waals surface area (Å²) < 4.78 is 5.50. The van der Waals surface area contributed by atoms with Gasteiger partial charge in [-0.3, -0.25) is 0 Å². The van der Waals surface area contributed by atoms with E-state index in [0.29, 0.717) is 6.10 Å². The minimum absolute atomic E-state index is 0.388. The maximum atomic E-state index is 5.50. The molecule has 1 atom stereocenters. The third kappa shape index (κ3) is 2.82. The number of hydrogen-bond acceptors (Lipinski definition) is 1. The molecule has 76 valence electrons. The number of hydrogen-bond donors (Lipinski definition) is 0. The molecular weight excluding hydrogens is 174 g/mol. The van der Waals surface area contributed by atoms with Crippen molar-refractivity contribution in [2.45, 2.75) is 25.5 Å². The molecule has 1 aliphatic rings. The standard InChI is InChI=1S/C12H16NO/c1-2-5-11(6-3-1)9-13-10-12-7-4-8-14-12/h1-3,5-6,12H,4,7-10H2/q-1. The van der Waals surface area contributed by atoms with E-state index in [4.69, 9.17) is 4.74 Å². The van der Waals surface area contributed by atoms with Gasteiger partial charge >= 0.3 is 0 Å². The van der Waals surface area contributed by atoms with Crippen molar-refractivity contribution in [2.24, 2.45) is 0 Å². The van der Waals surface area contributed by atoms with Crippen LogP contribution in [0.5, 0.6) is 0 Å². The van der Waals surface area contributed by atoms with Gasteiger partial charge in [0.25, 0.3) is 0 Å². The highest BCUT2D eigenvalue weighted by Crippen LogP contribution is 2.15.